The van der Waals surface area contributed by atoms with Gasteiger partial charge < -0.3 is 9.84 Å². The largest absolute Gasteiger partial charge is 0.480 e. The molecule has 0 aromatic rings. The third-order valence-electron chi connectivity index (χ3n) is 4.04. The zero-order valence-electron chi connectivity index (χ0n) is 11.7. The molecule has 0 aromatic heterocycles. The first-order valence-electron chi connectivity index (χ1n) is 6.82. The van der Waals surface area contributed by atoms with Crippen LogP contribution in [-0.2, 0) is 19.4 Å². The second kappa shape index (κ2) is 6.38. The number of carbonyl (C=O) groups is 1. The van der Waals surface area contributed by atoms with Gasteiger partial charge in [-0.3, -0.25) is 14.6 Å². The number of aliphatic carboxylic acids is 1. The number of ether oxygens (including phenoxy) is 1. The Morgan fingerprint density at radius 1 is 1.25 bits per heavy atom. The molecular formula is C12H22N2O5S. The quantitative estimate of drug-likeness (QED) is 0.623. The fourth-order valence-corrected chi connectivity index (χ4v) is 5.20. The van der Waals surface area contributed by atoms with Crippen molar-refractivity contribution >= 4 is 15.8 Å². The predicted molar refractivity (Wildman–Crippen MR) is 73.5 cm³/mol. The van der Waals surface area contributed by atoms with E-state index in [9.17, 15) is 13.2 Å². The number of hydrogen-bond acceptors (Lipinski definition) is 6. The van der Waals surface area contributed by atoms with E-state index >= 15 is 0 Å². The summed E-state index contributed by atoms with van der Waals surface area (Å²) < 4.78 is 28.8. The lowest BCUT2D eigenvalue weighted by atomic mass is 10.0. The maximum absolute atomic E-state index is 11.9. The maximum Gasteiger partial charge on any atom is 0.317 e. The molecule has 20 heavy (non-hydrogen) atoms. The van der Waals surface area contributed by atoms with Crippen molar-refractivity contribution in [2.75, 3.05) is 51.4 Å². The van der Waals surface area contributed by atoms with Crippen LogP contribution in [0.1, 0.15) is 6.42 Å². The van der Waals surface area contributed by atoms with Crippen LogP contribution < -0.4 is 0 Å². The first kappa shape index (κ1) is 15.7. The topological polar surface area (TPSA) is 87.2 Å². The fraction of sp³-hybridized carbons (Fsp3) is 0.917. The van der Waals surface area contributed by atoms with Gasteiger partial charge in [0, 0.05) is 45.4 Å². The molecule has 0 aliphatic carbocycles. The monoisotopic (exact) mass is 306 g/mol. The van der Waals surface area contributed by atoms with Gasteiger partial charge in [0.2, 0.25) is 0 Å². The van der Waals surface area contributed by atoms with Gasteiger partial charge in [0.15, 0.2) is 9.84 Å². The van der Waals surface area contributed by atoms with Crippen molar-refractivity contribution in [2.45, 2.75) is 18.5 Å². The van der Waals surface area contributed by atoms with Gasteiger partial charge in [-0.15, -0.1) is 0 Å². The molecule has 1 N–H and O–H groups in total. The Bertz CT molecular complexity index is 453. The number of carboxylic acid groups (broad SMARTS) is 1. The lowest BCUT2D eigenvalue weighted by Gasteiger charge is -2.43. The first-order valence-corrected chi connectivity index (χ1v) is 8.64. The number of rotatable bonds is 6. The summed E-state index contributed by atoms with van der Waals surface area (Å²) in [7, 11) is -1.42. The summed E-state index contributed by atoms with van der Waals surface area (Å²) in [6.45, 7) is 2.69. The molecule has 2 aliphatic heterocycles. The van der Waals surface area contributed by atoms with E-state index in [1.807, 2.05) is 0 Å². The van der Waals surface area contributed by atoms with Gasteiger partial charge >= 0.3 is 5.97 Å². The highest BCUT2D eigenvalue weighted by Crippen LogP contribution is 2.26. The Hall–Kier alpha value is -0.700. The molecule has 2 rings (SSSR count). The molecule has 0 saturated carbocycles. The summed E-state index contributed by atoms with van der Waals surface area (Å²) in [5.41, 5.74) is 0. The van der Waals surface area contributed by atoms with Crippen LogP contribution >= 0.6 is 0 Å². The van der Waals surface area contributed by atoms with Crippen molar-refractivity contribution in [3.8, 4) is 0 Å². The molecule has 0 aromatic carbocycles. The van der Waals surface area contributed by atoms with Crippen LogP contribution in [0.15, 0.2) is 0 Å². The van der Waals surface area contributed by atoms with E-state index in [2.05, 4.69) is 4.90 Å². The number of sulfone groups is 1. The zero-order valence-corrected chi connectivity index (χ0v) is 12.5. The van der Waals surface area contributed by atoms with E-state index in [0.29, 0.717) is 19.7 Å². The molecule has 0 amide bonds. The zero-order chi connectivity index (χ0) is 14.8. The van der Waals surface area contributed by atoms with Crippen molar-refractivity contribution in [3.05, 3.63) is 0 Å². The summed E-state index contributed by atoms with van der Waals surface area (Å²) in [5.74, 6) is -0.687. The molecule has 7 nitrogen and oxygen atoms in total. The van der Waals surface area contributed by atoms with Crippen LogP contribution in [0.5, 0.6) is 0 Å². The molecule has 2 saturated heterocycles. The SMILES string of the molecule is COCCCN1CCN(CC(=O)O)[C@@H]2CS(=O)(=O)C[C@@H]21. The number of methoxy groups -OCH3 is 1. The van der Waals surface area contributed by atoms with E-state index in [-0.39, 0.29) is 30.1 Å². The lowest BCUT2D eigenvalue weighted by molar-refractivity contribution is -0.139. The van der Waals surface area contributed by atoms with Crippen molar-refractivity contribution in [3.63, 3.8) is 0 Å². The fourth-order valence-electron chi connectivity index (χ4n) is 3.16. The van der Waals surface area contributed by atoms with Gasteiger partial charge in [0.05, 0.1) is 18.1 Å². The van der Waals surface area contributed by atoms with Crippen LogP contribution in [0.2, 0.25) is 0 Å². The molecule has 2 fully saturated rings. The van der Waals surface area contributed by atoms with Crippen molar-refractivity contribution in [1.29, 1.82) is 0 Å². The Labute approximate surface area is 119 Å². The van der Waals surface area contributed by atoms with E-state index in [0.717, 1.165) is 13.0 Å². The summed E-state index contributed by atoms with van der Waals surface area (Å²) in [4.78, 5) is 14.9. The first-order chi connectivity index (χ1) is 9.43. The third kappa shape index (κ3) is 3.69. The van der Waals surface area contributed by atoms with Crippen LogP contribution in [0.4, 0.5) is 0 Å². The van der Waals surface area contributed by atoms with Gasteiger partial charge in [-0.1, -0.05) is 0 Å². The number of nitrogens with zero attached hydrogens (tertiary/aromatic N) is 2. The number of hydrogen-bond donors (Lipinski definition) is 1. The van der Waals surface area contributed by atoms with Crippen LogP contribution in [0.3, 0.4) is 0 Å². The standard InChI is InChI=1S/C12H22N2O5S/c1-19-6-2-3-13-4-5-14(7-12(15)16)11-9-20(17,18)8-10(11)13/h10-11H,2-9H2,1H3,(H,15,16)/t10-,11+/m0/s1. The molecule has 0 spiro atoms. The Kier molecular flexibility index (Phi) is 5.00. The number of piperazine rings is 1. The lowest BCUT2D eigenvalue weighted by Crippen LogP contribution is -2.60. The minimum atomic E-state index is -3.07. The van der Waals surface area contributed by atoms with E-state index in [4.69, 9.17) is 9.84 Å². The third-order valence-corrected chi connectivity index (χ3v) is 5.74. The van der Waals surface area contributed by atoms with Gasteiger partial charge in [0.25, 0.3) is 0 Å². The molecule has 0 unspecified atom stereocenters. The van der Waals surface area contributed by atoms with Gasteiger partial charge in [0.1, 0.15) is 0 Å². The molecule has 2 aliphatic rings. The average molecular weight is 306 g/mol. The molecule has 116 valence electrons. The highest BCUT2D eigenvalue weighted by Gasteiger charge is 2.46. The minimum absolute atomic E-state index is 0.0751. The summed E-state index contributed by atoms with van der Waals surface area (Å²) in [6.07, 6.45) is 0.860. The van der Waals surface area contributed by atoms with Crippen LogP contribution in [0.25, 0.3) is 0 Å². The predicted octanol–water partition coefficient (Wildman–Crippen LogP) is -1.11. The summed E-state index contributed by atoms with van der Waals surface area (Å²) >= 11 is 0. The highest BCUT2D eigenvalue weighted by atomic mass is 32.2. The van der Waals surface area contributed by atoms with Crippen LogP contribution in [0, 0.1) is 0 Å². The normalized spacial score (nSPS) is 30.2. The molecule has 2 heterocycles. The molecule has 0 radical (unpaired) electrons. The molecular weight excluding hydrogens is 284 g/mol. The number of carboxylic acids is 1. The van der Waals surface area contributed by atoms with Gasteiger partial charge in [-0.25, -0.2) is 8.42 Å². The van der Waals surface area contributed by atoms with Crippen molar-refractivity contribution < 1.29 is 23.1 Å². The minimum Gasteiger partial charge on any atom is -0.480 e. The van der Waals surface area contributed by atoms with Crippen molar-refractivity contribution in [2.24, 2.45) is 0 Å². The Morgan fingerprint density at radius 3 is 2.45 bits per heavy atom. The van der Waals surface area contributed by atoms with Crippen molar-refractivity contribution in [1.82, 2.24) is 9.80 Å². The molecule has 2 atom stereocenters. The Balaban J connectivity index is 2.05. The van der Waals surface area contributed by atoms with E-state index < -0.39 is 15.8 Å². The van der Waals surface area contributed by atoms with E-state index in [1.165, 1.54) is 0 Å². The maximum atomic E-state index is 11.9. The van der Waals surface area contributed by atoms with Gasteiger partial charge in [-0.05, 0) is 6.42 Å². The molecule has 8 heteroatoms. The highest BCUT2D eigenvalue weighted by molar-refractivity contribution is 7.91. The second-order valence-corrected chi connectivity index (χ2v) is 7.61. The van der Waals surface area contributed by atoms with E-state index in [1.54, 1.807) is 12.0 Å². The summed E-state index contributed by atoms with van der Waals surface area (Å²) in [5, 5.41) is 8.93. The average Bonchev–Trinajstić information content (AvgIpc) is 2.67. The van der Waals surface area contributed by atoms with Crippen LogP contribution in [-0.4, -0.2) is 92.8 Å². The summed E-state index contributed by atoms with van der Waals surface area (Å²) in [6, 6.07) is -0.266. The molecule has 0 bridgehead atoms. The smallest absolute Gasteiger partial charge is 0.317 e. The Morgan fingerprint density at radius 2 is 1.85 bits per heavy atom. The second-order valence-electron chi connectivity index (χ2n) is 5.46. The number of fused-ring (bicyclic) bond motifs is 1. The van der Waals surface area contributed by atoms with Gasteiger partial charge in [-0.2, -0.15) is 0 Å².